The van der Waals surface area contributed by atoms with Gasteiger partial charge in [-0.25, -0.2) is 9.59 Å². The smallest absolute Gasteiger partial charge is 0.475 e. The van der Waals surface area contributed by atoms with Crippen LogP contribution < -0.4 is 0 Å². The molecule has 0 aliphatic heterocycles. The largest absolute Gasteiger partial charge is 0.490 e. The van der Waals surface area contributed by atoms with Crippen molar-refractivity contribution in [2.24, 2.45) is 0 Å². The van der Waals surface area contributed by atoms with E-state index in [2.05, 4.69) is 0 Å². The Bertz CT molecular complexity index is 196. The third-order valence-corrected chi connectivity index (χ3v) is 0.485. The van der Waals surface area contributed by atoms with Gasteiger partial charge in [0, 0.05) is 25.8 Å². The number of carbonyl (C=O) groups is 2. The van der Waals surface area contributed by atoms with Gasteiger partial charge >= 0.3 is 24.3 Å². The van der Waals surface area contributed by atoms with Crippen LogP contribution in [-0.2, 0) is 35.4 Å². The second-order valence-corrected chi connectivity index (χ2v) is 1.61. The number of alkyl halides is 6. The van der Waals surface area contributed by atoms with Crippen molar-refractivity contribution in [3.63, 3.8) is 0 Å². The van der Waals surface area contributed by atoms with E-state index in [1.807, 2.05) is 0 Å². The molecule has 15 heavy (non-hydrogen) atoms. The zero-order chi connectivity index (χ0) is 12.2. The van der Waals surface area contributed by atoms with Gasteiger partial charge in [0.05, 0.1) is 0 Å². The van der Waals surface area contributed by atoms with Crippen LogP contribution in [0.3, 0.4) is 0 Å². The molecule has 2 N–H and O–H groups in total. The molecular formula is C4H2F6HfO4. The van der Waals surface area contributed by atoms with Crippen molar-refractivity contribution in [1.82, 2.24) is 0 Å². The van der Waals surface area contributed by atoms with Crippen LogP contribution in [-0.4, -0.2) is 34.5 Å². The molecule has 0 rings (SSSR count). The molecule has 0 amide bonds. The Hall–Kier alpha value is -0.610. The van der Waals surface area contributed by atoms with Crippen molar-refractivity contribution in [3.05, 3.63) is 0 Å². The average molecular weight is 407 g/mol. The van der Waals surface area contributed by atoms with Crippen molar-refractivity contribution in [3.8, 4) is 0 Å². The monoisotopic (exact) mass is 408 g/mol. The number of rotatable bonds is 0. The predicted octanol–water partition coefficient (Wildman–Crippen LogP) is 1.26. The fourth-order valence-corrected chi connectivity index (χ4v) is 0. The molecule has 0 aliphatic rings. The number of carboxylic acids is 2. The third-order valence-electron chi connectivity index (χ3n) is 0.485. The number of hydrogen-bond donors (Lipinski definition) is 2. The molecular weight excluding hydrogens is 405 g/mol. The summed E-state index contributed by atoms with van der Waals surface area (Å²) in [6, 6.07) is 0. The zero-order valence-electron chi connectivity index (χ0n) is 6.48. The van der Waals surface area contributed by atoms with Gasteiger partial charge in [-0.15, -0.1) is 0 Å². The fraction of sp³-hybridized carbons (Fsp3) is 0.500. The van der Waals surface area contributed by atoms with Crippen molar-refractivity contribution in [2.45, 2.75) is 12.4 Å². The molecule has 0 spiro atoms. The summed E-state index contributed by atoms with van der Waals surface area (Å²) in [7, 11) is 0. The molecule has 0 radical (unpaired) electrons. The van der Waals surface area contributed by atoms with Gasteiger partial charge < -0.3 is 10.2 Å². The van der Waals surface area contributed by atoms with E-state index in [1.54, 1.807) is 0 Å². The Labute approximate surface area is 96.7 Å². The summed E-state index contributed by atoms with van der Waals surface area (Å²) in [4.78, 5) is 17.8. The summed E-state index contributed by atoms with van der Waals surface area (Å²) in [5.41, 5.74) is 0. The van der Waals surface area contributed by atoms with Crippen molar-refractivity contribution >= 4 is 11.9 Å². The van der Waals surface area contributed by atoms with Crippen molar-refractivity contribution in [1.29, 1.82) is 0 Å². The van der Waals surface area contributed by atoms with Gasteiger partial charge in [0.25, 0.3) is 0 Å². The molecule has 0 atom stereocenters. The van der Waals surface area contributed by atoms with Crippen LogP contribution in [0.4, 0.5) is 26.3 Å². The average Bonchev–Trinajstić information content (AvgIpc) is 1.83. The van der Waals surface area contributed by atoms with Crippen LogP contribution in [0.25, 0.3) is 0 Å². The SMILES string of the molecule is O=C(O)C(F)(F)F.O=C(O)C(F)(F)F.[Hf]. The van der Waals surface area contributed by atoms with Crippen LogP contribution in [0.5, 0.6) is 0 Å². The molecule has 88 valence electrons. The maximum absolute atomic E-state index is 10.6. The van der Waals surface area contributed by atoms with E-state index < -0.39 is 24.3 Å². The summed E-state index contributed by atoms with van der Waals surface area (Å²) < 4.78 is 63.5. The fourth-order valence-electron chi connectivity index (χ4n) is 0. The minimum Gasteiger partial charge on any atom is -0.475 e. The van der Waals surface area contributed by atoms with Gasteiger partial charge in [0.15, 0.2) is 0 Å². The normalized spacial score (nSPS) is 10.5. The number of aliphatic carboxylic acids is 2. The Kier molecular flexibility index (Phi) is 9.01. The number of hydrogen-bond acceptors (Lipinski definition) is 2. The minimum atomic E-state index is -5.08. The van der Waals surface area contributed by atoms with Crippen LogP contribution in [0.2, 0.25) is 0 Å². The van der Waals surface area contributed by atoms with Gasteiger partial charge in [0.2, 0.25) is 0 Å². The molecule has 4 nitrogen and oxygen atoms in total. The maximum Gasteiger partial charge on any atom is 0.490 e. The quantitative estimate of drug-likeness (QED) is 0.469. The van der Waals surface area contributed by atoms with Crippen molar-refractivity contribution < 1.29 is 72.0 Å². The standard InChI is InChI=1S/2C2HF3O2.Hf/c2*3-2(4,5)1(6)7;/h2*(H,6,7);. The minimum absolute atomic E-state index is 0. The Morgan fingerprint density at radius 3 is 0.800 bits per heavy atom. The number of halogens is 6. The van der Waals surface area contributed by atoms with Crippen LogP contribution in [0, 0.1) is 0 Å². The Balaban J connectivity index is -0.000000180. The molecule has 0 aromatic rings. The molecule has 0 bridgehead atoms. The molecule has 11 heteroatoms. The maximum atomic E-state index is 10.6. The van der Waals surface area contributed by atoms with Gasteiger partial charge in [-0.05, 0) is 0 Å². The summed E-state index contributed by atoms with van der Waals surface area (Å²) in [6.45, 7) is 0. The van der Waals surface area contributed by atoms with Gasteiger partial charge in [-0.1, -0.05) is 0 Å². The predicted molar refractivity (Wildman–Crippen MR) is 27.4 cm³/mol. The molecule has 0 aliphatic carbocycles. The van der Waals surface area contributed by atoms with E-state index in [4.69, 9.17) is 19.8 Å². The van der Waals surface area contributed by atoms with E-state index in [0.29, 0.717) is 0 Å². The summed E-state index contributed by atoms with van der Waals surface area (Å²) in [6.07, 6.45) is -10.2. The van der Waals surface area contributed by atoms with Crippen LogP contribution in [0.1, 0.15) is 0 Å². The second-order valence-electron chi connectivity index (χ2n) is 1.61. The van der Waals surface area contributed by atoms with E-state index in [1.165, 1.54) is 0 Å². The molecule has 0 unspecified atom stereocenters. The van der Waals surface area contributed by atoms with E-state index in [9.17, 15) is 26.3 Å². The summed E-state index contributed by atoms with van der Waals surface area (Å²) >= 11 is 0. The van der Waals surface area contributed by atoms with Crippen molar-refractivity contribution in [2.75, 3.05) is 0 Å². The molecule has 0 saturated carbocycles. The van der Waals surface area contributed by atoms with Gasteiger partial charge in [-0.2, -0.15) is 26.3 Å². The van der Waals surface area contributed by atoms with Gasteiger partial charge in [0.1, 0.15) is 0 Å². The molecule has 0 aromatic carbocycles. The first kappa shape index (κ1) is 19.9. The third kappa shape index (κ3) is 13.4. The van der Waals surface area contributed by atoms with E-state index >= 15 is 0 Å². The summed E-state index contributed by atoms with van der Waals surface area (Å²) in [5.74, 6) is -5.51. The van der Waals surface area contributed by atoms with Gasteiger partial charge in [-0.3, -0.25) is 0 Å². The van der Waals surface area contributed by atoms with E-state index in [-0.39, 0.29) is 25.8 Å². The second kappa shape index (κ2) is 6.80. The number of carboxylic acid groups (broad SMARTS) is 2. The van der Waals surface area contributed by atoms with Crippen LogP contribution in [0.15, 0.2) is 0 Å². The molecule has 0 saturated heterocycles. The molecule has 0 fully saturated rings. The summed E-state index contributed by atoms with van der Waals surface area (Å²) in [5, 5.41) is 14.2. The Morgan fingerprint density at radius 1 is 0.733 bits per heavy atom. The molecule has 0 aromatic heterocycles. The first-order chi connectivity index (χ1) is 5.89. The van der Waals surface area contributed by atoms with E-state index in [0.717, 1.165) is 0 Å². The zero-order valence-corrected chi connectivity index (χ0v) is 10.1. The molecule has 0 heterocycles. The first-order valence-corrected chi connectivity index (χ1v) is 2.49. The van der Waals surface area contributed by atoms with Crippen LogP contribution >= 0.6 is 0 Å². The topological polar surface area (TPSA) is 74.6 Å². The Morgan fingerprint density at radius 2 is 0.800 bits per heavy atom. The first-order valence-electron chi connectivity index (χ1n) is 2.49.